The van der Waals surface area contributed by atoms with Crippen LogP contribution in [0.1, 0.15) is 23.9 Å². The van der Waals surface area contributed by atoms with E-state index in [4.69, 9.17) is 9.51 Å². The largest absolute Gasteiger partial charge is 0.360 e. The zero-order valence-corrected chi connectivity index (χ0v) is 17.9. The second kappa shape index (κ2) is 8.08. The van der Waals surface area contributed by atoms with Crippen LogP contribution in [0.5, 0.6) is 0 Å². The van der Waals surface area contributed by atoms with Crippen LogP contribution in [0.15, 0.2) is 49.7 Å². The summed E-state index contributed by atoms with van der Waals surface area (Å²) in [5, 5.41) is 7.28. The van der Waals surface area contributed by atoms with Crippen molar-refractivity contribution in [3.8, 4) is 5.69 Å². The van der Waals surface area contributed by atoms with Crippen molar-refractivity contribution in [2.75, 3.05) is 11.1 Å². The molecule has 1 aromatic carbocycles. The van der Waals surface area contributed by atoms with Gasteiger partial charge in [0.1, 0.15) is 5.76 Å². The summed E-state index contributed by atoms with van der Waals surface area (Å²) in [6.45, 7) is 5.84. The summed E-state index contributed by atoms with van der Waals surface area (Å²) in [5.74, 6) is 0.853. The third-order valence-electron chi connectivity index (χ3n) is 4.40. The molecule has 3 heterocycles. The smallest absolute Gasteiger partial charge is 0.272 e. The van der Waals surface area contributed by atoms with E-state index < -0.39 is 0 Å². The van der Waals surface area contributed by atoms with Crippen LogP contribution >= 0.6 is 23.5 Å². The first-order chi connectivity index (χ1) is 13.9. The van der Waals surface area contributed by atoms with E-state index in [1.807, 2.05) is 31.2 Å². The quantitative estimate of drug-likeness (QED) is 0.490. The van der Waals surface area contributed by atoms with Gasteiger partial charge in [0.2, 0.25) is 5.91 Å². The maximum atomic E-state index is 13.2. The van der Waals surface area contributed by atoms with Crippen LogP contribution < -0.4 is 10.9 Å². The fourth-order valence-electron chi connectivity index (χ4n) is 3.05. The molecule has 4 rings (SSSR count). The van der Waals surface area contributed by atoms with Crippen LogP contribution in [0.4, 0.5) is 5.82 Å². The maximum Gasteiger partial charge on any atom is 0.272 e. The average Bonchev–Trinajstić information content (AvgIpc) is 3.26. The number of thioether (sulfide) groups is 2. The molecule has 1 aliphatic heterocycles. The predicted octanol–water partition coefficient (Wildman–Crippen LogP) is 3.60. The van der Waals surface area contributed by atoms with Crippen molar-refractivity contribution in [2.24, 2.45) is 0 Å². The molecule has 0 spiro atoms. The van der Waals surface area contributed by atoms with Gasteiger partial charge in [0.05, 0.1) is 22.0 Å². The van der Waals surface area contributed by atoms with Gasteiger partial charge in [-0.1, -0.05) is 41.5 Å². The number of carbonyl (C=O) groups is 1. The molecule has 9 heteroatoms. The number of aromatic nitrogens is 3. The Labute approximate surface area is 176 Å². The molecule has 3 aromatic rings. The predicted molar refractivity (Wildman–Crippen MR) is 114 cm³/mol. The van der Waals surface area contributed by atoms with Crippen molar-refractivity contribution in [2.45, 2.75) is 42.5 Å². The standard InChI is InChI=1S/C20H20N4O3S2/c1-11-4-6-14(7-5-11)24-19(26)18-15(9-13(3)29-18)21-20(24)28-10-17(25)22-16-8-12(2)27-23-16/h4-8,13H,9-10H2,1-3H3,(H,22,23,25)/t13-/m0/s1. The van der Waals surface area contributed by atoms with Gasteiger partial charge in [-0.3, -0.25) is 14.2 Å². The molecule has 0 unspecified atom stereocenters. The fourth-order valence-corrected chi connectivity index (χ4v) is 4.98. The highest BCUT2D eigenvalue weighted by Gasteiger charge is 2.27. The number of rotatable bonds is 5. The highest BCUT2D eigenvalue weighted by molar-refractivity contribution is 8.00. The van der Waals surface area contributed by atoms with Gasteiger partial charge in [-0.15, -0.1) is 11.8 Å². The minimum absolute atomic E-state index is 0.0803. The van der Waals surface area contributed by atoms with E-state index >= 15 is 0 Å². The maximum absolute atomic E-state index is 13.2. The van der Waals surface area contributed by atoms with Crippen molar-refractivity contribution < 1.29 is 9.32 Å². The number of benzene rings is 1. The Kier molecular flexibility index (Phi) is 5.51. The summed E-state index contributed by atoms with van der Waals surface area (Å²) < 4.78 is 6.56. The molecule has 29 heavy (non-hydrogen) atoms. The number of hydrogen-bond acceptors (Lipinski definition) is 7. The summed E-state index contributed by atoms with van der Waals surface area (Å²) in [7, 11) is 0. The fraction of sp³-hybridized carbons (Fsp3) is 0.300. The van der Waals surface area contributed by atoms with E-state index in [9.17, 15) is 9.59 Å². The van der Waals surface area contributed by atoms with Crippen molar-refractivity contribution in [1.29, 1.82) is 0 Å². The van der Waals surface area contributed by atoms with Gasteiger partial charge in [0, 0.05) is 17.7 Å². The topological polar surface area (TPSA) is 90.0 Å². The molecular weight excluding hydrogens is 408 g/mol. The molecule has 1 aliphatic rings. The van der Waals surface area contributed by atoms with Gasteiger partial charge in [0.25, 0.3) is 5.56 Å². The van der Waals surface area contributed by atoms with E-state index in [2.05, 4.69) is 17.4 Å². The molecule has 2 aromatic heterocycles. The molecule has 0 radical (unpaired) electrons. The lowest BCUT2D eigenvalue weighted by Crippen LogP contribution is -2.24. The van der Waals surface area contributed by atoms with Crippen LogP contribution in [0, 0.1) is 13.8 Å². The Bertz CT molecular complexity index is 1120. The highest BCUT2D eigenvalue weighted by atomic mass is 32.2. The van der Waals surface area contributed by atoms with Crippen LogP contribution in [-0.4, -0.2) is 31.6 Å². The molecular formula is C20H20N4O3S2. The lowest BCUT2D eigenvalue weighted by atomic mass is 10.2. The second-order valence-electron chi connectivity index (χ2n) is 6.94. The van der Waals surface area contributed by atoms with Crippen molar-refractivity contribution in [3.05, 3.63) is 57.7 Å². The van der Waals surface area contributed by atoms with Crippen molar-refractivity contribution >= 4 is 35.2 Å². The molecule has 1 N–H and O–H groups in total. The van der Waals surface area contributed by atoms with E-state index in [-0.39, 0.29) is 17.2 Å². The summed E-state index contributed by atoms with van der Waals surface area (Å²) in [6.07, 6.45) is 0.752. The third-order valence-corrected chi connectivity index (χ3v) is 6.55. The summed E-state index contributed by atoms with van der Waals surface area (Å²) in [5.41, 5.74) is 2.58. The Morgan fingerprint density at radius 2 is 2.10 bits per heavy atom. The van der Waals surface area contributed by atoms with Crippen LogP contribution in [0.3, 0.4) is 0 Å². The zero-order chi connectivity index (χ0) is 20.5. The number of nitrogens with one attached hydrogen (secondary N) is 1. The number of aryl methyl sites for hydroxylation is 2. The van der Waals surface area contributed by atoms with Crippen LogP contribution in [0.2, 0.25) is 0 Å². The van der Waals surface area contributed by atoms with E-state index in [0.717, 1.165) is 23.4 Å². The normalized spacial score (nSPS) is 15.3. The SMILES string of the molecule is Cc1ccc(-n2c(SCC(=O)Nc3cc(C)on3)nc3c(c2=O)S[C@@H](C)C3)cc1. The second-order valence-corrected chi connectivity index (χ2v) is 9.33. The lowest BCUT2D eigenvalue weighted by Gasteiger charge is -2.13. The van der Waals surface area contributed by atoms with E-state index in [1.165, 1.54) is 11.8 Å². The average molecular weight is 429 g/mol. The summed E-state index contributed by atoms with van der Waals surface area (Å²) in [6, 6.07) is 9.36. The van der Waals surface area contributed by atoms with Gasteiger partial charge in [0.15, 0.2) is 11.0 Å². The first-order valence-electron chi connectivity index (χ1n) is 9.16. The molecule has 0 bridgehead atoms. The van der Waals surface area contributed by atoms with Gasteiger partial charge >= 0.3 is 0 Å². The number of carbonyl (C=O) groups excluding carboxylic acids is 1. The molecule has 1 atom stereocenters. The Morgan fingerprint density at radius 1 is 1.34 bits per heavy atom. The molecule has 150 valence electrons. The molecule has 7 nitrogen and oxygen atoms in total. The van der Waals surface area contributed by atoms with Crippen LogP contribution in [-0.2, 0) is 11.2 Å². The Balaban J connectivity index is 1.64. The molecule has 0 saturated heterocycles. The van der Waals surface area contributed by atoms with Crippen molar-refractivity contribution in [3.63, 3.8) is 0 Å². The number of nitrogens with zero attached hydrogens (tertiary/aromatic N) is 3. The monoisotopic (exact) mass is 428 g/mol. The highest BCUT2D eigenvalue weighted by Crippen LogP contribution is 2.34. The zero-order valence-electron chi connectivity index (χ0n) is 16.3. The molecule has 0 aliphatic carbocycles. The first kappa shape index (κ1) is 19.8. The Hall–Kier alpha value is -2.52. The first-order valence-corrected chi connectivity index (χ1v) is 11.0. The summed E-state index contributed by atoms with van der Waals surface area (Å²) in [4.78, 5) is 31.0. The van der Waals surface area contributed by atoms with Crippen molar-refractivity contribution in [1.82, 2.24) is 14.7 Å². The van der Waals surface area contributed by atoms with E-state index in [1.54, 1.807) is 29.3 Å². The molecule has 1 amide bonds. The molecule has 0 fully saturated rings. The number of fused-ring (bicyclic) bond motifs is 1. The van der Waals surface area contributed by atoms with Crippen LogP contribution in [0.25, 0.3) is 5.69 Å². The minimum atomic E-state index is -0.240. The van der Waals surface area contributed by atoms with Gasteiger partial charge in [-0.25, -0.2) is 4.98 Å². The Morgan fingerprint density at radius 3 is 2.79 bits per heavy atom. The number of anilines is 1. The number of hydrogen-bond donors (Lipinski definition) is 1. The third kappa shape index (κ3) is 4.25. The minimum Gasteiger partial charge on any atom is -0.360 e. The van der Waals surface area contributed by atoms with E-state index in [0.29, 0.717) is 26.9 Å². The number of amides is 1. The summed E-state index contributed by atoms with van der Waals surface area (Å²) >= 11 is 2.80. The molecule has 0 saturated carbocycles. The van der Waals surface area contributed by atoms with Gasteiger partial charge in [-0.05, 0) is 26.0 Å². The van der Waals surface area contributed by atoms with Gasteiger partial charge < -0.3 is 9.84 Å². The van der Waals surface area contributed by atoms with Gasteiger partial charge in [-0.2, -0.15) is 0 Å². The lowest BCUT2D eigenvalue weighted by molar-refractivity contribution is -0.113.